The van der Waals surface area contributed by atoms with E-state index in [1.165, 1.54) is 11.8 Å². The predicted molar refractivity (Wildman–Crippen MR) is 90.3 cm³/mol. The molecular weight excluding hydrogens is 340 g/mol. The average molecular weight is 361 g/mol. The van der Waals surface area contributed by atoms with E-state index in [0.29, 0.717) is 36.7 Å². The SMILES string of the molecule is COCCCNC(=O)CSc1nc(Cl)cc(N2CCOCC2)n1. The first kappa shape index (κ1) is 18.3. The van der Waals surface area contributed by atoms with Gasteiger partial charge in [0, 0.05) is 39.4 Å². The van der Waals surface area contributed by atoms with Crippen molar-refractivity contribution in [3.05, 3.63) is 11.2 Å². The molecule has 1 saturated heterocycles. The van der Waals surface area contributed by atoms with Gasteiger partial charge in [0.05, 0.1) is 19.0 Å². The second kappa shape index (κ2) is 9.92. The summed E-state index contributed by atoms with van der Waals surface area (Å²) in [6.07, 6.45) is 0.793. The number of halogens is 1. The van der Waals surface area contributed by atoms with E-state index in [-0.39, 0.29) is 11.7 Å². The Balaban J connectivity index is 1.84. The topological polar surface area (TPSA) is 76.6 Å². The molecule has 0 unspecified atom stereocenters. The fraction of sp³-hybridized carbons (Fsp3) is 0.643. The fourth-order valence-electron chi connectivity index (χ4n) is 2.03. The maximum absolute atomic E-state index is 11.8. The number of nitrogens with zero attached hydrogens (tertiary/aromatic N) is 3. The highest BCUT2D eigenvalue weighted by Gasteiger charge is 2.15. The summed E-state index contributed by atoms with van der Waals surface area (Å²) >= 11 is 7.34. The number of ether oxygens (including phenoxy) is 2. The first-order valence-electron chi connectivity index (χ1n) is 7.45. The molecule has 1 fully saturated rings. The summed E-state index contributed by atoms with van der Waals surface area (Å²) in [6, 6.07) is 1.74. The summed E-state index contributed by atoms with van der Waals surface area (Å²) in [5, 5.41) is 3.71. The van der Waals surface area contributed by atoms with E-state index in [9.17, 15) is 4.79 Å². The lowest BCUT2D eigenvalue weighted by Crippen LogP contribution is -2.36. The highest BCUT2D eigenvalue weighted by Crippen LogP contribution is 2.22. The Kier molecular flexibility index (Phi) is 7.87. The zero-order valence-corrected chi connectivity index (χ0v) is 14.7. The van der Waals surface area contributed by atoms with Gasteiger partial charge < -0.3 is 19.7 Å². The van der Waals surface area contributed by atoms with E-state index < -0.39 is 0 Å². The summed E-state index contributed by atoms with van der Waals surface area (Å²) in [5.41, 5.74) is 0. The van der Waals surface area contributed by atoms with Crippen molar-refractivity contribution in [1.82, 2.24) is 15.3 Å². The molecule has 23 heavy (non-hydrogen) atoms. The molecular formula is C14H21ClN4O3S. The lowest BCUT2D eigenvalue weighted by Gasteiger charge is -2.27. The van der Waals surface area contributed by atoms with Crippen molar-refractivity contribution < 1.29 is 14.3 Å². The third-order valence-corrected chi connectivity index (χ3v) is 4.22. The molecule has 1 amide bonds. The van der Waals surface area contributed by atoms with Gasteiger partial charge in [-0.25, -0.2) is 9.97 Å². The zero-order valence-electron chi connectivity index (χ0n) is 13.1. The van der Waals surface area contributed by atoms with Crippen LogP contribution in [0.1, 0.15) is 6.42 Å². The van der Waals surface area contributed by atoms with E-state index in [2.05, 4.69) is 20.2 Å². The van der Waals surface area contributed by atoms with E-state index in [0.717, 1.165) is 25.3 Å². The first-order valence-corrected chi connectivity index (χ1v) is 8.81. The Morgan fingerprint density at radius 2 is 2.26 bits per heavy atom. The fourth-order valence-corrected chi connectivity index (χ4v) is 2.94. The van der Waals surface area contributed by atoms with Gasteiger partial charge in [-0.1, -0.05) is 23.4 Å². The number of nitrogens with one attached hydrogen (secondary N) is 1. The van der Waals surface area contributed by atoms with Crippen molar-refractivity contribution in [1.29, 1.82) is 0 Å². The Morgan fingerprint density at radius 1 is 1.48 bits per heavy atom. The largest absolute Gasteiger partial charge is 0.385 e. The second-order valence-electron chi connectivity index (χ2n) is 4.92. The third kappa shape index (κ3) is 6.50. The molecule has 0 aromatic carbocycles. The minimum Gasteiger partial charge on any atom is -0.385 e. The van der Waals surface area contributed by atoms with Crippen LogP contribution in [0.2, 0.25) is 5.15 Å². The van der Waals surface area contributed by atoms with Crippen LogP contribution < -0.4 is 10.2 Å². The molecule has 1 aromatic rings. The monoisotopic (exact) mass is 360 g/mol. The van der Waals surface area contributed by atoms with E-state index in [1.807, 2.05) is 0 Å². The summed E-state index contributed by atoms with van der Waals surface area (Å²) in [4.78, 5) is 22.5. The number of carbonyl (C=O) groups is 1. The number of morpholine rings is 1. The van der Waals surface area contributed by atoms with Gasteiger partial charge in [0.1, 0.15) is 11.0 Å². The lowest BCUT2D eigenvalue weighted by molar-refractivity contribution is -0.118. The molecule has 2 heterocycles. The lowest BCUT2D eigenvalue weighted by atomic mass is 10.4. The molecule has 0 aliphatic carbocycles. The molecule has 0 atom stereocenters. The molecule has 1 N–H and O–H groups in total. The van der Waals surface area contributed by atoms with Crippen LogP contribution in [0.4, 0.5) is 5.82 Å². The van der Waals surface area contributed by atoms with Crippen molar-refractivity contribution in [2.75, 3.05) is 57.2 Å². The minimum absolute atomic E-state index is 0.0531. The van der Waals surface area contributed by atoms with Gasteiger partial charge in [0.2, 0.25) is 5.91 Å². The molecule has 0 spiro atoms. The van der Waals surface area contributed by atoms with Crippen LogP contribution in [0.25, 0.3) is 0 Å². The number of anilines is 1. The van der Waals surface area contributed by atoms with E-state index in [1.54, 1.807) is 13.2 Å². The van der Waals surface area contributed by atoms with Crippen LogP contribution in [0.15, 0.2) is 11.2 Å². The third-order valence-electron chi connectivity index (χ3n) is 3.18. The number of amides is 1. The van der Waals surface area contributed by atoms with Crippen molar-refractivity contribution in [2.24, 2.45) is 0 Å². The van der Waals surface area contributed by atoms with Crippen LogP contribution >= 0.6 is 23.4 Å². The maximum atomic E-state index is 11.8. The normalized spacial score (nSPS) is 14.8. The highest BCUT2D eigenvalue weighted by atomic mass is 35.5. The quantitative estimate of drug-likeness (QED) is 0.323. The molecule has 1 aliphatic heterocycles. The minimum atomic E-state index is -0.0531. The van der Waals surface area contributed by atoms with E-state index >= 15 is 0 Å². The standard InChI is InChI=1S/C14H21ClN4O3S/c1-21-6-2-3-16-13(20)10-23-14-17-11(15)9-12(18-14)19-4-7-22-8-5-19/h9H,2-8,10H2,1H3,(H,16,20). The molecule has 7 nitrogen and oxygen atoms in total. The van der Waals surface area contributed by atoms with Crippen molar-refractivity contribution in [2.45, 2.75) is 11.6 Å². The van der Waals surface area contributed by atoms with Gasteiger partial charge in [-0.15, -0.1) is 0 Å². The number of aromatic nitrogens is 2. The molecule has 2 rings (SSSR count). The van der Waals surface area contributed by atoms with Gasteiger partial charge in [0.25, 0.3) is 0 Å². The van der Waals surface area contributed by atoms with Crippen LogP contribution in [0, 0.1) is 0 Å². The Hall–Kier alpha value is -1.09. The van der Waals surface area contributed by atoms with Gasteiger partial charge >= 0.3 is 0 Å². The van der Waals surface area contributed by atoms with Crippen LogP contribution in [0.5, 0.6) is 0 Å². The average Bonchev–Trinajstić information content (AvgIpc) is 2.57. The van der Waals surface area contributed by atoms with Gasteiger partial charge in [-0.3, -0.25) is 4.79 Å². The van der Waals surface area contributed by atoms with Crippen LogP contribution in [-0.2, 0) is 14.3 Å². The van der Waals surface area contributed by atoms with Crippen molar-refractivity contribution in [3.63, 3.8) is 0 Å². The van der Waals surface area contributed by atoms with Crippen molar-refractivity contribution >= 4 is 35.1 Å². The smallest absolute Gasteiger partial charge is 0.230 e. The highest BCUT2D eigenvalue weighted by molar-refractivity contribution is 7.99. The molecule has 0 radical (unpaired) electrons. The van der Waals surface area contributed by atoms with Crippen LogP contribution in [0.3, 0.4) is 0 Å². The summed E-state index contributed by atoms with van der Waals surface area (Å²) in [7, 11) is 1.64. The number of thioether (sulfide) groups is 1. The molecule has 128 valence electrons. The van der Waals surface area contributed by atoms with Gasteiger partial charge in [-0.05, 0) is 6.42 Å². The van der Waals surface area contributed by atoms with Crippen molar-refractivity contribution in [3.8, 4) is 0 Å². The Bertz CT molecular complexity index is 515. The molecule has 9 heteroatoms. The number of carbonyl (C=O) groups excluding carboxylic acids is 1. The summed E-state index contributed by atoms with van der Waals surface area (Å²) < 4.78 is 10.3. The number of rotatable bonds is 8. The number of hydrogen-bond acceptors (Lipinski definition) is 7. The molecule has 1 aliphatic rings. The van der Waals surface area contributed by atoms with Gasteiger partial charge in [0.15, 0.2) is 5.16 Å². The molecule has 0 saturated carbocycles. The molecule has 1 aromatic heterocycles. The first-order chi connectivity index (χ1) is 11.2. The zero-order chi connectivity index (χ0) is 16.5. The van der Waals surface area contributed by atoms with Gasteiger partial charge in [-0.2, -0.15) is 0 Å². The molecule has 0 bridgehead atoms. The Morgan fingerprint density at radius 3 is 3.00 bits per heavy atom. The maximum Gasteiger partial charge on any atom is 0.230 e. The number of methoxy groups -OCH3 is 1. The summed E-state index contributed by atoms with van der Waals surface area (Å²) in [5.74, 6) is 0.981. The Labute approximate surface area is 145 Å². The predicted octanol–water partition coefficient (Wildman–Crippen LogP) is 1.21. The van der Waals surface area contributed by atoms with Crippen LogP contribution in [-0.4, -0.2) is 68.2 Å². The number of hydrogen-bond donors (Lipinski definition) is 1. The van der Waals surface area contributed by atoms with E-state index in [4.69, 9.17) is 21.1 Å². The summed E-state index contributed by atoms with van der Waals surface area (Å²) in [6.45, 7) is 4.13. The second-order valence-corrected chi connectivity index (χ2v) is 6.25.